The normalized spacial score (nSPS) is 11.7. The SMILES string of the molecule is Cc1cc(C)c(C)c(S(=O)(=O)NC(=O)/C=C/c2ccncn2)c1C. The van der Waals surface area contributed by atoms with Crippen molar-refractivity contribution in [1.82, 2.24) is 14.7 Å². The Balaban J connectivity index is 2.29. The van der Waals surface area contributed by atoms with Crippen LogP contribution in [0.2, 0.25) is 0 Å². The number of rotatable bonds is 4. The van der Waals surface area contributed by atoms with Crippen LogP contribution in [0.25, 0.3) is 6.08 Å². The number of nitrogens with one attached hydrogen (secondary N) is 1. The zero-order valence-electron chi connectivity index (χ0n) is 14.0. The highest BCUT2D eigenvalue weighted by atomic mass is 32.2. The van der Waals surface area contributed by atoms with Gasteiger partial charge in [-0.1, -0.05) is 6.07 Å². The molecule has 1 aromatic carbocycles. The first-order chi connectivity index (χ1) is 11.2. The fraction of sp³-hybridized carbons (Fsp3) is 0.235. The standard InChI is InChI=1S/C17H19N3O3S/c1-11-9-12(2)14(4)17(13(11)3)24(22,23)20-16(21)6-5-15-7-8-18-10-19-15/h5-10H,1-4H3,(H,20,21)/b6-5+. The Morgan fingerprint density at radius 3 is 2.29 bits per heavy atom. The first-order valence-corrected chi connectivity index (χ1v) is 8.79. The Kier molecular flexibility index (Phi) is 5.14. The summed E-state index contributed by atoms with van der Waals surface area (Å²) in [7, 11) is -3.95. The third-order valence-corrected chi connectivity index (χ3v) is 5.43. The van der Waals surface area contributed by atoms with Crippen molar-refractivity contribution in [3.63, 3.8) is 0 Å². The van der Waals surface area contributed by atoms with Crippen molar-refractivity contribution in [1.29, 1.82) is 0 Å². The summed E-state index contributed by atoms with van der Waals surface area (Å²) in [5.74, 6) is -0.730. The summed E-state index contributed by atoms with van der Waals surface area (Å²) < 4.78 is 27.3. The molecule has 0 aliphatic carbocycles. The van der Waals surface area contributed by atoms with E-state index in [1.165, 1.54) is 18.6 Å². The van der Waals surface area contributed by atoms with Crippen LogP contribution in [0, 0.1) is 27.7 Å². The predicted molar refractivity (Wildman–Crippen MR) is 91.8 cm³/mol. The monoisotopic (exact) mass is 345 g/mol. The molecule has 1 heterocycles. The quantitative estimate of drug-likeness (QED) is 0.858. The van der Waals surface area contributed by atoms with Gasteiger partial charge in [-0.25, -0.2) is 23.1 Å². The van der Waals surface area contributed by atoms with Gasteiger partial charge < -0.3 is 0 Å². The lowest BCUT2D eigenvalue weighted by atomic mass is 10.0. The highest BCUT2D eigenvalue weighted by Gasteiger charge is 2.23. The number of nitrogens with zero attached hydrogens (tertiary/aromatic N) is 2. The highest BCUT2D eigenvalue weighted by Crippen LogP contribution is 2.25. The van der Waals surface area contributed by atoms with Gasteiger partial charge in [0.1, 0.15) is 6.33 Å². The Hall–Kier alpha value is -2.54. The van der Waals surface area contributed by atoms with Crippen LogP contribution in [-0.2, 0) is 14.8 Å². The molecule has 24 heavy (non-hydrogen) atoms. The van der Waals surface area contributed by atoms with Crippen molar-refractivity contribution in [2.45, 2.75) is 32.6 Å². The summed E-state index contributed by atoms with van der Waals surface area (Å²) >= 11 is 0. The molecule has 0 spiro atoms. The number of aryl methyl sites for hydroxylation is 2. The summed E-state index contributed by atoms with van der Waals surface area (Å²) in [6.07, 6.45) is 5.43. The van der Waals surface area contributed by atoms with Gasteiger partial charge in [0.25, 0.3) is 15.9 Å². The van der Waals surface area contributed by atoms with Crippen LogP contribution < -0.4 is 4.72 Å². The second kappa shape index (κ2) is 6.92. The fourth-order valence-electron chi connectivity index (χ4n) is 2.36. The molecule has 0 atom stereocenters. The zero-order chi connectivity index (χ0) is 17.9. The van der Waals surface area contributed by atoms with E-state index >= 15 is 0 Å². The highest BCUT2D eigenvalue weighted by molar-refractivity contribution is 7.90. The minimum Gasteiger partial charge on any atom is -0.269 e. The minimum atomic E-state index is -3.95. The Morgan fingerprint density at radius 1 is 1.12 bits per heavy atom. The summed E-state index contributed by atoms with van der Waals surface area (Å²) in [6.45, 7) is 7.16. The van der Waals surface area contributed by atoms with Gasteiger partial charge in [0.05, 0.1) is 10.6 Å². The molecule has 0 saturated heterocycles. The molecule has 0 radical (unpaired) electrons. The van der Waals surface area contributed by atoms with Gasteiger partial charge in [0, 0.05) is 12.3 Å². The van der Waals surface area contributed by atoms with Crippen molar-refractivity contribution in [3.8, 4) is 0 Å². The number of carbonyl (C=O) groups excluding carboxylic acids is 1. The molecular weight excluding hydrogens is 326 g/mol. The van der Waals surface area contributed by atoms with E-state index in [-0.39, 0.29) is 4.90 Å². The summed E-state index contributed by atoms with van der Waals surface area (Å²) in [5.41, 5.74) is 3.51. The molecule has 7 heteroatoms. The van der Waals surface area contributed by atoms with Crippen LogP contribution in [0.1, 0.15) is 27.9 Å². The van der Waals surface area contributed by atoms with E-state index in [9.17, 15) is 13.2 Å². The molecule has 0 bridgehead atoms. The second-order valence-electron chi connectivity index (χ2n) is 5.53. The van der Waals surface area contributed by atoms with Gasteiger partial charge in [0.2, 0.25) is 0 Å². The molecule has 1 N–H and O–H groups in total. The van der Waals surface area contributed by atoms with Crippen LogP contribution in [0.5, 0.6) is 0 Å². The maximum Gasteiger partial charge on any atom is 0.264 e. The number of benzene rings is 1. The van der Waals surface area contributed by atoms with Gasteiger partial charge in [-0.2, -0.15) is 0 Å². The Labute approximate surface area is 141 Å². The molecule has 6 nitrogen and oxygen atoms in total. The van der Waals surface area contributed by atoms with Crippen molar-refractivity contribution in [2.24, 2.45) is 0 Å². The fourth-order valence-corrected chi connectivity index (χ4v) is 3.92. The molecule has 0 aliphatic heterocycles. The van der Waals surface area contributed by atoms with E-state index in [0.717, 1.165) is 17.2 Å². The van der Waals surface area contributed by atoms with E-state index in [4.69, 9.17) is 0 Å². The van der Waals surface area contributed by atoms with Gasteiger partial charge in [-0.05, 0) is 62.1 Å². The molecular formula is C17H19N3O3S. The largest absolute Gasteiger partial charge is 0.269 e. The van der Waals surface area contributed by atoms with Crippen molar-refractivity contribution in [3.05, 3.63) is 58.7 Å². The third-order valence-electron chi connectivity index (χ3n) is 3.81. The lowest BCUT2D eigenvalue weighted by molar-refractivity contribution is -0.114. The third kappa shape index (κ3) is 3.86. The van der Waals surface area contributed by atoms with E-state index in [1.807, 2.05) is 19.9 Å². The molecule has 1 amide bonds. The summed E-state index contributed by atoms with van der Waals surface area (Å²) in [5, 5.41) is 0. The molecule has 1 aromatic heterocycles. The number of aromatic nitrogens is 2. The molecule has 2 rings (SSSR count). The first kappa shape index (κ1) is 17.8. The van der Waals surface area contributed by atoms with Gasteiger partial charge in [-0.3, -0.25) is 4.79 Å². The maximum absolute atomic E-state index is 12.6. The number of hydrogen-bond donors (Lipinski definition) is 1. The molecule has 126 valence electrons. The van der Waals surface area contributed by atoms with E-state index in [0.29, 0.717) is 16.8 Å². The molecule has 0 fully saturated rings. The lowest BCUT2D eigenvalue weighted by Gasteiger charge is -2.15. The van der Waals surface area contributed by atoms with Crippen LogP contribution in [-0.4, -0.2) is 24.3 Å². The zero-order valence-corrected chi connectivity index (χ0v) is 14.8. The van der Waals surface area contributed by atoms with E-state index in [2.05, 4.69) is 14.7 Å². The summed E-state index contributed by atoms with van der Waals surface area (Å²) in [4.78, 5) is 19.8. The Bertz CT molecular complexity index is 878. The Morgan fingerprint density at radius 2 is 1.75 bits per heavy atom. The molecule has 2 aromatic rings. The number of amides is 1. The van der Waals surface area contributed by atoms with Crippen LogP contribution in [0.4, 0.5) is 0 Å². The smallest absolute Gasteiger partial charge is 0.264 e. The van der Waals surface area contributed by atoms with Crippen molar-refractivity contribution in [2.75, 3.05) is 0 Å². The van der Waals surface area contributed by atoms with Crippen LogP contribution in [0.15, 0.2) is 35.6 Å². The molecule has 0 saturated carbocycles. The van der Waals surface area contributed by atoms with E-state index in [1.54, 1.807) is 19.9 Å². The van der Waals surface area contributed by atoms with Crippen molar-refractivity contribution < 1.29 is 13.2 Å². The van der Waals surface area contributed by atoms with E-state index < -0.39 is 15.9 Å². The first-order valence-electron chi connectivity index (χ1n) is 7.30. The van der Waals surface area contributed by atoms with Crippen LogP contribution >= 0.6 is 0 Å². The van der Waals surface area contributed by atoms with Crippen LogP contribution in [0.3, 0.4) is 0 Å². The average Bonchev–Trinajstić information content (AvgIpc) is 2.51. The van der Waals surface area contributed by atoms with Gasteiger partial charge in [0.15, 0.2) is 0 Å². The predicted octanol–water partition coefficient (Wildman–Crippen LogP) is 2.23. The number of sulfonamides is 1. The average molecular weight is 345 g/mol. The minimum absolute atomic E-state index is 0.156. The number of hydrogen-bond acceptors (Lipinski definition) is 5. The second-order valence-corrected chi connectivity index (χ2v) is 7.15. The topological polar surface area (TPSA) is 89.0 Å². The molecule has 0 unspecified atom stereocenters. The molecule has 0 aliphatic rings. The number of carbonyl (C=O) groups is 1. The lowest BCUT2D eigenvalue weighted by Crippen LogP contribution is -2.30. The van der Waals surface area contributed by atoms with Gasteiger partial charge >= 0.3 is 0 Å². The maximum atomic E-state index is 12.6. The van der Waals surface area contributed by atoms with Crippen molar-refractivity contribution >= 4 is 22.0 Å². The summed E-state index contributed by atoms with van der Waals surface area (Å²) in [6, 6.07) is 3.54. The van der Waals surface area contributed by atoms with Gasteiger partial charge in [-0.15, -0.1) is 0 Å².